The van der Waals surface area contributed by atoms with Crippen LogP contribution in [0.5, 0.6) is 0 Å². The topological polar surface area (TPSA) is 96.7 Å². The smallest absolute Gasteiger partial charge is 0.457 e. The van der Waals surface area contributed by atoms with E-state index in [-0.39, 0.29) is 24.7 Å². The predicted molar refractivity (Wildman–Crippen MR) is 122 cm³/mol. The number of ether oxygens (including phenoxy) is 3. The summed E-state index contributed by atoms with van der Waals surface area (Å²) in [4.78, 5) is 44.1. The predicted octanol–water partition coefficient (Wildman–Crippen LogP) is 4.18. The van der Waals surface area contributed by atoms with Crippen LogP contribution in [0.3, 0.4) is 0 Å². The number of fused-ring (bicyclic) bond motifs is 5. The molecular formula is C26H24N2O6. The molecule has 1 saturated carbocycles. The molecule has 6 rings (SSSR count). The molecule has 0 bridgehead atoms. The maximum Gasteiger partial charge on any atom is 0.510 e. The van der Waals surface area contributed by atoms with Gasteiger partial charge in [-0.2, -0.15) is 0 Å². The second-order valence-corrected chi connectivity index (χ2v) is 9.13. The molecule has 0 amide bonds. The number of hydrogen-bond donors (Lipinski definition) is 0. The fourth-order valence-electron chi connectivity index (χ4n) is 5.39. The van der Waals surface area contributed by atoms with Gasteiger partial charge in [0.05, 0.1) is 29.0 Å². The molecule has 1 aliphatic carbocycles. The maximum absolute atomic E-state index is 13.5. The number of aromatic nitrogens is 2. The molecule has 0 saturated heterocycles. The molecule has 0 N–H and O–H groups in total. The average molecular weight is 460 g/mol. The molecule has 3 aliphatic rings. The van der Waals surface area contributed by atoms with Crippen molar-refractivity contribution in [1.82, 2.24) is 9.55 Å². The van der Waals surface area contributed by atoms with Gasteiger partial charge in [0, 0.05) is 16.5 Å². The Morgan fingerprint density at radius 3 is 2.79 bits per heavy atom. The molecule has 1 atom stereocenters. The van der Waals surface area contributed by atoms with E-state index < -0.39 is 17.7 Å². The van der Waals surface area contributed by atoms with E-state index in [1.165, 1.54) is 0 Å². The molecule has 34 heavy (non-hydrogen) atoms. The molecule has 8 heteroatoms. The fraction of sp³-hybridized carbons (Fsp3) is 0.385. The minimum atomic E-state index is -1.74. The van der Waals surface area contributed by atoms with Gasteiger partial charge in [-0.3, -0.25) is 4.79 Å². The molecular weight excluding hydrogens is 436 g/mol. The van der Waals surface area contributed by atoms with E-state index in [0.29, 0.717) is 29.1 Å². The van der Waals surface area contributed by atoms with Crippen LogP contribution in [-0.4, -0.2) is 27.8 Å². The molecule has 0 unspecified atom stereocenters. The molecule has 3 aromatic rings. The summed E-state index contributed by atoms with van der Waals surface area (Å²) in [5.41, 5.74) is 1.70. The van der Waals surface area contributed by atoms with Crippen molar-refractivity contribution in [2.24, 2.45) is 0 Å². The molecule has 1 aromatic carbocycles. The van der Waals surface area contributed by atoms with Gasteiger partial charge in [-0.1, -0.05) is 25.1 Å². The van der Waals surface area contributed by atoms with Crippen LogP contribution in [-0.2, 0) is 37.8 Å². The van der Waals surface area contributed by atoms with Gasteiger partial charge in [-0.25, -0.2) is 14.6 Å². The van der Waals surface area contributed by atoms with E-state index in [4.69, 9.17) is 19.2 Å². The summed E-state index contributed by atoms with van der Waals surface area (Å²) >= 11 is 0. The van der Waals surface area contributed by atoms with E-state index >= 15 is 0 Å². The second-order valence-electron chi connectivity index (χ2n) is 9.13. The Morgan fingerprint density at radius 2 is 2.00 bits per heavy atom. The SMILES string of the molecule is CC[C@@]1(OC(=O)OC2CCCC2)C(=O)OCc2c1cc1n(c2=O)Cc2cc3ccccc3nc2-1. The van der Waals surface area contributed by atoms with Crippen molar-refractivity contribution < 1.29 is 23.8 Å². The Kier molecular flexibility index (Phi) is 4.72. The zero-order chi connectivity index (χ0) is 23.4. The molecule has 8 nitrogen and oxygen atoms in total. The number of carbonyl (C=O) groups is 2. The number of benzene rings is 1. The highest BCUT2D eigenvalue weighted by molar-refractivity contribution is 5.87. The van der Waals surface area contributed by atoms with Crippen molar-refractivity contribution >= 4 is 23.0 Å². The highest BCUT2D eigenvalue weighted by Crippen LogP contribution is 2.41. The lowest BCUT2D eigenvalue weighted by Gasteiger charge is -2.35. The first-order valence-electron chi connectivity index (χ1n) is 11.7. The van der Waals surface area contributed by atoms with Crippen molar-refractivity contribution in [1.29, 1.82) is 0 Å². The van der Waals surface area contributed by atoms with Gasteiger partial charge in [0.1, 0.15) is 12.7 Å². The maximum atomic E-state index is 13.5. The third-order valence-electron chi connectivity index (χ3n) is 7.21. The zero-order valence-corrected chi connectivity index (χ0v) is 18.8. The summed E-state index contributed by atoms with van der Waals surface area (Å²) in [6.45, 7) is 1.94. The summed E-state index contributed by atoms with van der Waals surface area (Å²) in [6.07, 6.45) is 2.53. The fourth-order valence-corrected chi connectivity index (χ4v) is 5.39. The van der Waals surface area contributed by atoms with Crippen LogP contribution in [0.2, 0.25) is 0 Å². The second kappa shape index (κ2) is 7.68. The highest BCUT2D eigenvalue weighted by atomic mass is 16.7. The quantitative estimate of drug-likeness (QED) is 0.423. The van der Waals surface area contributed by atoms with Crippen LogP contribution in [0.25, 0.3) is 22.3 Å². The monoisotopic (exact) mass is 460 g/mol. The van der Waals surface area contributed by atoms with Gasteiger partial charge < -0.3 is 18.8 Å². The minimum absolute atomic E-state index is 0.111. The Balaban J connectivity index is 1.47. The Bertz CT molecular complexity index is 1400. The molecule has 2 aliphatic heterocycles. The van der Waals surface area contributed by atoms with Crippen molar-refractivity contribution in [3.05, 3.63) is 63.4 Å². The van der Waals surface area contributed by atoms with Crippen LogP contribution in [0.4, 0.5) is 4.79 Å². The van der Waals surface area contributed by atoms with Crippen LogP contribution in [0, 0.1) is 0 Å². The van der Waals surface area contributed by atoms with Crippen LogP contribution in [0.15, 0.2) is 41.2 Å². The van der Waals surface area contributed by atoms with E-state index in [2.05, 4.69) is 0 Å². The first-order chi connectivity index (χ1) is 16.5. The number of para-hydroxylation sites is 1. The number of carbonyl (C=O) groups excluding carboxylic acids is 2. The summed E-state index contributed by atoms with van der Waals surface area (Å²) < 4.78 is 18.2. The van der Waals surface area contributed by atoms with Crippen molar-refractivity contribution in [2.45, 2.75) is 63.9 Å². The number of rotatable bonds is 3. The number of hydrogen-bond acceptors (Lipinski definition) is 7. The van der Waals surface area contributed by atoms with Crippen LogP contribution < -0.4 is 5.56 Å². The van der Waals surface area contributed by atoms with Gasteiger partial charge in [-0.05, 0) is 50.3 Å². The summed E-state index contributed by atoms with van der Waals surface area (Å²) in [5, 5.41) is 0.992. The Labute approximate surface area is 195 Å². The molecule has 4 heterocycles. The normalized spacial score (nSPS) is 21.0. The molecule has 1 fully saturated rings. The van der Waals surface area contributed by atoms with E-state index in [0.717, 1.165) is 42.1 Å². The van der Waals surface area contributed by atoms with Crippen molar-refractivity contribution in [3.63, 3.8) is 0 Å². The van der Waals surface area contributed by atoms with Gasteiger partial charge in [0.2, 0.25) is 5.60 Å². The third kappa shape index (κ3) is 3.04. The van der Waals surface area contributed by atoms with E-state index in [1.54, 1.807) is 17.6 Å². The lowest BCUT2D eigenvalue weighted by atomic mass is 9.85. The third-order valence-corrected chi connectivity index (χ3v) is 7.21. The van der Waals surface area contributed by atoms with Gasteiger partial charge in [-0.15, -0.1) is 0 Å². The first-order valence-corrected chi connectivity index (χ1v) is 11.7. The van der Waals surface area contributed by atoms with Gasteiger partial charge in [0.25, 0.3) is 5.56 Å². The summed E-state index contributed by atoms with van der Waals surface area (Å²) in [5.74, 6) is -0.695. The number of nitrogens with zero attached hydrogens (tertiary/aromatic N) is 2. The lowest BCUT2D eigenvalue weighted by molar-refractivity contribution is -0.176. The van der Waals surface area contributed by atoms with Gasteiger partial charge >= 0.3 is 12.1 Å². The minimum Gasteiger partial charge on any atom is -0.457 e. The largest absolute Gasteiger partial charge is 0.510 e. The number of cyclic esters (lactones) is 1. The lowest BCUT2D eigenvalue weighted by Crippen LogP contribution is -2.47. The van der Waals surface area contributed by atoms with Crippen LogP contribution in [0.1, 0.15) is 55.7 Å². The standard InChI is InChI=1S/C26H24N2O6/c1-2-26(34-25(31)33-17-8-4-5-9-17)19-12-21-22-16(11-15-7-3-6-10-20(15)27-22)13-28(21)23(29)18(19)14-32-24(26)30/h3,6-7,10-12,17H,2,4-5,8-9,13-14H2,1H3/t26-/m0/s1. The van der Waals surface area contributed by atoms with Crippen molar-refractivity contribution in [2.75, 3.05) is 0 Å². The molecule has 0 radical (unpaired) electrons. The first kappa shape index (κ1) is 20.9. The van der Waals surface area contributed by atoms with Crippen LogP contribution >= 0.6 is 0 Å². The molecule has 2 aromatic heterocycles. The average Bonchev–Trinajstić information content (AvgIpc) is 3.47. The summed E-state index contributed by atoms with van der Waals surface area (Å²) in [6, 6.07) is 11.6. The van der Waals surface area contributed by atoms with E-state index in [9.17, 15) is 14.4 Å². The summed E-state index contributed by atoms with van der Waals surface area (Å²) in [7, 11) is 0. The van der Waals surface area contributed by atoms with Gasteiger partial charge in [0.15, 0.2) is 0 Å². The Morgan fingerprint density at radius 1 is 1.21 bits per heavy atom. The number of pyridine rings is 2. The number of esters is 1. The van der Waals surface area contributed by atoms with E-state index in [1.807, 2.05) is 30.3 Å². The highest BCUT2D eigenvalue weighted by Gasteiger charge is 2.51. The molecule has 0 spiro atoms. The van der Waals surface area contributed by atoms with Crippen molar-refractivity contribution in [3.8, 4) is 11.4 Å². The Hall–Kier alpha value is -3.68. The zero-order valence-electron chi connectivity index (χ0n) is 18.8. The molecule has 174 valence electrons.